The van der Waals surface area contributed by atoms with Crippen LogP contribution >= 0.6 is 0 Å². The van der Waals surface area contributed by atoms with E-state index in [0.717, 1.165) is 30.0 Å². The van der Waals surface area contributed by atoms with Crippen LogP contribution in [0, 0.1) is 20.8 Å². The molecule has 1 saturated heterocycles. The largest absolute Gasteiger partial charge is 0.340 e. The Bertz CT molecular complexity index is 1390. The number of carbonyl (C=O) groups is 1. The molecule has 0 aliphatic carbocycles. The molecule has 0 unspecified atom stereocenters. The van der Waals surface area contributed by atoms with E-state index in [4.69, 9.17) is 4.99 Å². The van der Waals surface area contributed by atoms with Crippen molar-refractivity contribution < 1.29 is 4.79 Å². The van der Waals surface area contributed by atoms with E-state index < -0.39 is 0 Å². The average molecular weight is 534 g/mol. The first kappa shape index (κ1) is 27.0. The molecule has 1 fully saturated rings. The average Bonchev–Trinajstić information content (AvgIpc) is 2.95. The molecule has 0 saturated carbocycles. The van der Waals surface area contributed by atoms with Gasteiger partial charge >= 0.3 is 6.03 Å². The van der Waals surface area contributed by atoms with E-state index in [-0.39, 0.29) is 12.1 Å². The lowest BCUT2D eigenvalue weighted by atomic mass is 9.96. The molecule has 1 aromatic heterocycles. The van der Waals surface area contributed by atoms with Crippen LogP contribution in [0.3, 0.4) is 0 Å². The third kappa shape index (κ3) is 6.90. The van der Waals surface area contributed by atoms with Gasteiger partial charge in [0, 0.05) is 43.3 Å². The van der Waals surface area contributed by atoms with Crippen molar-refractivity contribution in [3.05, 3.63) is 119 Å². The van der Waals surface area contributed by atoms with Crippen LogP contribution in [-0.4, -0.2) is 57.9 Å². The summed E-state index contributed by atoms with van der Waals surface area (Å²) in [5, 5.41) is 5.88. The van der Waals surface area contributed by atoms with Crippen molar-refractivity contribution in [1.82, 2.24) is 25.1 Å². The van der Waals surface area contributed by atoms with Gasteiger partial charge in [-0.2, -0.15) is 4.99 Å². The van der Waals surface area contributed by atoms with E-state index in [1.54, 1.807) is 0 Å². The summed E-state index contributed by atoms with van der Waals surface area (Å²) in [4.78, 5) is 31.3. The minimum absolute atomic E-state index is 0.144. The number of anilines is 1. The first-order chi connectivity index (χ1) is 19.4. The highest BCUT2D eigenvalue weighted by Crippen LogP contribution is 2.29. The fourth-order valence-electron chi connectivity index (χ4n) is 5.01. The predicted octanol–water partition coefficient (Wildman–Crippen LogP) is 5.62. The fourth-order valence-corrected chi connectivity index (χ4v) is 5.01. The van der Waals surface area contributed by atoms with Gasteiger partial charge in [0.15, 0.2) is 0 Å². The number of nitrogens with one attached hydrogen (secondary N) is 2. The summed E-state index contributed by atoms with van der Waals surface area (Å²) in [6.45, 7) is 8.80. The topological polar surface area (TPSA) is 85.7 Å². The second-order valence-corrected chi connectivity index (χ2v) is 10.1. The van der Waals surface area contributed by atoms with Crippen LogP contribution in [0.2, 0.25) is 0 Å². The summed E-state index contributed by atoms with van der Waals surface area (Å²) in [5.74, 6) is 0.766. The van der Waals surface area contributed by atoms with Crippen molar-refractivity contribution in [3.8, 4) is 0 Å². The Morgan fingerprint density at radius 1 is 0.775 bits per heavy atom. The smallest absolute Gasteiger partial charge is 0.326 e. The van der Waals surface area contributed by atoms with Crippen molar-refractivity contribution >= 4 is 23.6 Å². The maximum Gasteiger partial charge on any atom is 0.326 e. The molecule has 3 aromatic carbocycles. The quantitative estimate of drug-likeness (QED) is 0.257. The summed E-state index contributed by atoms with van der Waals surface area (Å²) in [7, 11) is 0. The molecule has 5 rings (SSSR count). The number of amides is 2. The molecule has 1 aliphatic rings. The van der Waals surface area contributed by atoms with Crippen LogP contribution in [0.1, 0.15) is 34.1 Å². The number of hydrogen-bond donors (Lipinski definition) is 2. The molecule has 0 bridgehead atoms. The fraction of sp³-hybridized carbons (Fsp3) is 0.250. The van der Waals surface area contributed by atoms with Crippen molar-refractivity contribution in [2.75, 3.05) is 31.5 Å². The van der Waals surface area contributed by atoms with Crippen LogP contribution < -0.4 is 10.6 Å². The van der Waals surface area contributed by atoms with Crippen LogP contribution in [-0.2, 0) is 0 Å². The number of aryl methyl sites for hydroxylation is 3. The second kappa shape index (κ2) is 12.5. The van der Waals surface area contributed by atoms with E-state index in [9.17, 15) is 4.79 Å². The Kier molecular flexibility index (Phi) is 8.47. The number of piperazine rings is 1. The summed E-state index contributed by atoms with van der Waals surface area (Å²) in [5.41, 5.74) is 6.01. The highest BCUT2D eigenvalue weighted by atomic mass is 16.2. The van der Waals surface area contributed by atoms with E-state index in [0.29, 0.717) is 30.7 Å². The van der Waals surface area contributed by atoms with Crippen LogP contribution in [0.5, 0.6) is 0 Å². The zero-order valence-corrected chi connectivity index (χ0v) is 23.2. The molecule has 2 amide bonds. The summed E-state index contributed by atoms with van der Waals surface area (Å²) >= 11 is 0. The Morgan fingerprint density at radius 2 is 1.32 bits per heavy atom. The number of urea groups is 1. The first-order valence-electron chi connectivity index (χ1n) is 13.6. The molecule has 2 heterocycles. The third-order valence-electron chi connectivity index (χ3n) is 6.92. The molecule has 204 valence electrons. The van der Waals surface area contributed by atoms with Gasteiger partial charge in [0.2, 0.25) is 5.96 Å². The van der Waals surface area contributed by atoms with Gasteiger partial charge < -0.3 is 10.2 Å². The molecule has 0 radical (unpaired) electrons. The van der Waals surface area contributed by atoms with Crippen molar-refractivity contribution in [2.45, 2.75) is 26.8 Å². The van der Waals surface area contributed by atoms with E-state index in [1.165, 1.54) is 11.1 Å². The van der Waals surface area contributed by atoms with Gasteiger partial charge in [-0.3, -0.25) is 10.2 Å². The van der Waals surface area contributed by atoms with E-state index >= 15 is 0 Å². The number of aliphatic imine (C=N–C) groups is 1. The zero-order chi connectivity index (χ0) is 27.9. The second-order valence-electron chi connectivity index (χ2n) is 10.1. The summed E-state index contributed by atoms with van der Waals surface area (Å²) < 4.78 is 0. The van der Waals surface area contributed by atoms with Gasteiger partial charge in [0.05, 0.1) is 6.04 Å². The third-order valence-corrected chi connectivity index (χ3v) is 6.92. The molecule has 4 aromatic rings. The maximum atomic E-state index is 13.0. The standard InChI is InChI=1S/C32H35N7O/c1-23-14-16-28(17-15-23)35-32(40)37-31(36-30-33-24(2)22-25(3)34-30)39-20-18-38(19-21-39)29(26-10-6-4-7-11-26)27-12-8-5-9-13-27/h4-17,22,29H,18-21H2,1-3H3,(H2,33,34,35,36,37,40). The van der Waals surface area contributed by atoms with Crippen molar-refractivity contribution in [2.24, 2.45) is 4.99 Å². The summed E-state index contributed by atoms with van der Waals surface area (Å²) in [6.07, 6.45) is 0. The minimum atomic E-state index is -0.360. The Labute approximate surface area is 235 Å². The molecule has 2 N–H and O–H groups in total. The van der Waals surface area contributed by atoms with Crippen molar-refractivity contribution in [1.29, 1.82) is 0 Å². The molecule has 8 nitrogen and oxygen atoms in total. The molecular weight excluding hydrogens is 498 g/mol. The predicted molar refractivity (Wildman–Crippen MR) is 160 cm³/mol. The van der Waals surface area contributed by atoms with Crippen LogP contribution in [0.15, 0.2) is 96.0 Å². The van der Waals surface area contributed by atoms with Gasteiger partial charge in [-0.05, 0) is 50.1 Å². The number of aromatic nitrogens is 2. The van der Waals surface area contributed by atoms with Gasteiger partial charge in [-0.15, -0.1) is 0 Å². The zero-order valence-electron chi connectivity index (χ0n) is 23.2. The highest BCUT2D eigenvalue weighted by molar-refractivity contribution is 6.03. The monoisotopic (exact) mass is 533 g/mol. The van der Waals surface area contributed by atoms with Gasteiger partial charge in [-0.25, -0.2) is 14.8 Å². The first-order valence-corrected chi connectivity index (χ1v) is 13.6. The van der Waals surface area contributed by atoms with Crippen LogP contribution in [0.25, 0.3) is 0 Å². The number of nitrogens with zero attached hydrogens (tertiary/aromatic N) is 5. The van der Waals surface area contributed by atoms with Gasteiger partial charge in [0.25, 0.3) is 5.95 Å². The Hall–Kier alpha value is -4.56. The maximum absolute atomic E-state index is 13.0. The SMILES string of the molecule is Cc1ccc(NC(=O)N/C(=N\c2nc(C)cc(C)n2)N2CCN(C(c3ccccc3)c3ccccc3)CC2)cc1. The molecular formula is C32H35N7O. The number of guanidine groups is 1. The van der Waals surface area contributed by atoms with Crippen LogP contribution in [0.4, 0.5) is 16.4 Å². The van der Waals surface area contributed by atoms with Crippen molar-refractivity contribution in [3.63, 3.8) is 0 Å². The summed E-state index contributed by atoms with van der Waals surface area (Å²) in [6, 6.07) is 30.6. The Balaban J connectivity index is 1.37. The number of hydrogen-bond acceptors (Lipinski definition) is 5. The lowest BCUT2D eigenvalue weighted by Gasteiger charge is -2.40. The van der Waals surface area contributed by atoms with E-state index in [1.807, 2.05) is 51.1 Å². The lowest BCUT2D eigenvalue weighted by Crippen LogP contribution is -2.54. The highest BCUT2D eigenvalue weighted by Gasteiger charge is 2.28. The number of benzene rings is 3. The molecule has 0 spiro atoms. The normalized spacial score (nSPS) is 14.3. The lowest BCUT2D eigenvalue weighted by molar-refractivity contribution is 0.148. The van der Waals surface area contributed by atoms with E-state index in [2.05, 4.69) is 91.1 Å². The van der Waals surface area contributed by atoms with Gasteiger partial charge in [0.1, 0.15) is 0 Å². The Morgan fingerprint density at radius 3 is 1.88 bits per heavy atom. The molecule has 0 atom stereocenters. The molecule has 40 heavy (non-hydrogen) atoms. The van der Waals surface area contributed by atoms with Gasteiger partial charge in [-0.1, -0.05) is 78.4 Å². The number of carbonyl (C=O) groups excluding carboxylic acids is 1. The molecule has 1 aliphatic heterocycles. The number of rotatable bonds is 5. The minimum Gasteiger partial charge on any atom is -0.340 e. The molecule has 8 heteroatoms.